The summed E-state index contributed by atoms with van der Waals surface area (Å²) in [5.74, 6) is 0. The normalized spacial score (nSPS) is 41.0. The molecule has 2 atom stereocenters. The van der Waals surface area contributed by atoms with E-state index < -0.39 is 0 Å². The number of nitrogens with zero attached hydrogens (tertiary/aromatic N) is 1. The van der Waals surface area contributed by atoms with Crippen molar-refractivity contribution in [1.29, 1.82) is 0 Å². The minimum Gasteiger partial charge on any atom is -0.371 e. The van der Waals surface area contributed by atoms with E-state index in [0.717, 1.165) is 0 Å². The topological polar surface area (TPSA) is 24.4 Å². The molecule has 0 aromatic rings. The molecule has 0 unspecified atom stereocenters. The van der Waals surface area contributed by atoms with Gasteiger partial charge in [0, 0.05) is 0 Å². The van der Waals surface area contributed by atoms with E-state index in [-0.39, 0.29) is 0 Å². The van der Waals surface area contributed by atoms with E-state index in [4.69, 9.17) is 0 Å². The van der Waals surface area contributed by atoms with E-state index in [9.17, 15) is 0 Å². The fourth-order valence-corrected chi connectivity index (χ4v) is 3.08. The Kier molecular flexibility index (Phi) is 1.37. The fourth-order valence-electron chi connectivity index (χ4n) is 3.08. The van der Waals surface area contributed by atoms with Gasteiger partial charge in [-0.05, 0) is 17.3 Å². The second-order valence-corrected chi connectivity index (χ2v) is 5.52. The molecule has 12 heavy (non-hydrogen) atoms. The van der Waals surface area contributed by atoms with E-state index in [0.29, 0.717) is 22.9 Å². The summed E-state index contributed by atoms with van der Waals surface area (Å²) in [7, 11) is 0. The lowest BCUT2D eigenvalue weighted by atomic mass is 9.83. The third-order valence-corrected chi connectivity index (χ3v) is 3.36. The standard InChI is InChI=1S/C10H18N2/c1-9(2)5-10(3,4)8-7(9)11-6-12-8/h6-8H,5H2,1-4H3,(H,11,12)/t7-,8+. The lowest BCUT2D eigenvalue weighted by Gasteiger charge is -2.25. The molecule has 68 valence electrons. The van der Waals surface area contributed by atoms with Crippen molar-refractivity contribution in [2.24, 2.45) is 15.8 Å². The maximum absolute atomic E-state index is 4.51. The van der Waals surface area contributed by atoms with Gasteiger partial charge in [-0.1, -0.05) is 27.7 Å². The maximum atomic E-state index is 4.51. The first-order valence-corrected chi connectivity index (χ1v) is 4.71. The lowest BCUT2D eigenvalue weighted by Crippen LogP contribution is -2.39. The smallest absolute Gasteiger partial charge is 0.0831 e. The summed E-state index contributed by atoms with van der Waals surface area (Å²) in [6.45, 7) is 9.32. The molecule has 0 saturated heterocycles. The Morgan fingerprint density at radius 3 is 2.50 bits per heavy atom. The van der Waals surface area contributed by atoms with Crippen LogP contribution in [0.1, 0.15) is 34.1 Å². The second-order valence-electron chi connectivity index (χ2n) is 5.52. The monoisotopic (exact) mass is 166 g/mol. The minimum atomic E-state index is 0.369. The minimum absolute atomic E-state index is 0.369. The molecule has 1 heterocycles. The average molecular weight is 166 g/mol. The van der Waals surface area contributed by atoms with Gasteiger partial charge in [0.05, 0.1) is 18.4 Å². The first-order valence-electron chi connectivity index (χ1n) is 4.71. The molecule has 0 aromatic heterocycles. The van der Waals surface area contributed by atoms with Crippen LogP contribution in [0.25, 0.3) is 0 Å². The molecule has 2 nitrogen and oxygen atoms in total. The Morgan fingerprint density at radius 1 is 1.25 bits per heavy atom. The predicted molar refractivity (Wildman–Crippen MR) is 51.4 cm³/mol. The van der Waals surface area contributed by atoms with Gasteiger partial charge in [0.15, 0.2) is 0 Å². The Morgan fingerprint density at radius 2 is 1.92 bits per heavy atom. The van der Waals surface area contributed by atoms with Gasteiger partial charge < -0.3 is 5.32 Å². The number of aliphatic imine (C=N–C) groups is 1. The molecule has 2 aliphatic rings. The number of rotatable bonds is 0. The first-order chi connectivity index (χ1) is 5.43. The van der Waals surface area contributed by atoms with E-state index in [1.165, 1.54) is 6.42 Å². The zero-order valence-electron chi connectivity index (χ0n) is 8.39. The van der Waals surface area contributed by atoms with Crippen LogP contribution in [0.4, 0.5) is 0 Å². The summed E-state index contributed by atoms with van der Waals surface area (Å²) in [6, 6.07) is 1.06. The Labute approximate surface area is 74.5 Å². The molecule has 0 radical (unpaired) electrons. The molecule has 0 amide bonds. The Balaban J connectivity index is 2.33. The van der Waals surface area contributed by atoms with Crippen molar-refractivity contribution < 1.29 is 0 Å². The maximum Gasteiger partial charge on any atom is 0.0831 e. The van der Waals surface area contributed by atoms with Crippen LogP contribution in [0.3, 0.4) is 0 Å². The fraction of sp³-hybridized carbons (Fsp3) is 0.900. The van der Waals surface area contributed by atoms with Gasteiger partial charge in [-0.2, -0.15) is 0 Å². The highest BCUT2D eigenvalue weighted by Crippen LogP contribution is 2.51. The van der Waals surface area contributed by atoms with E-state index in [2.05, 4.69) is 38.0 Å². The van der Waals surface area contributed by atoms with Crippen LogP contribution < -0.4 is 5.32 Å². The van der Waals surface area contributed by atoms with Crippen LogP contribution in [-0.2, 0) is 0 Å². The SMILES string of the molecule is CC1(C)CC(C)(C)[C@H]2N=CN[C@H]21. The van der Waals surface area contributed by atoms with Gasteiger partial charge in [-0.3, -0.25) is 4.99 Å². The number of hydrogen-bond acceptors (Lipinski definition) is 2. The van der Waals surface area contributed by atoms with Crippen LogP contribution in [0, 0.1) is 10.8 Å². The van der Waals surface area contributed by atoms with E-state index in [1.807, 2.05) is 6.34 Å². The molecule has 1 saturated carbocycles. The zero-order chi connectivity index (χ0) is 8.98. The Bertz CT molecular complexity index is 228. The van der Waals surface area contributed by atoms with Gasteiger partial charge in [0.1, 0.15) is 0 Å². The molecule has 2 rings (SSSR count). The van der Waals surface area contributed by atoms with Gasteiger partial charge in [0.2, 0.25) is 0 Å². The van der Waals surface area contributed by atoms with Gasteiger partial charge in [-0.25, -0.2) is 0 Å². The van der Waals surface area contributed by atoms with Crippen LogP contribution in [0.15, 0.2) is 4.99 Å². The molecular formula is C10H18N2. The third-order valence-electron chi connectivity index (χ3n) is 3.36. The van der Waals surface area contributed by atoms with Crippen molar-refractivity contribution in [2.45, 2.75) is 46.2 Å². The summed E-state index contributed by atoms with van der Waals surface area (Å²) in [6.07, 6.45) is 3.15. The molecule has 0 aromatic carbocycles. The van der Waals surface area contributed by atoms with Gasteiger partial charge >= 0.3 is 0 Å². The van der Waals surface area contributed by atoms with Crippen molar-refractivity contribution in [3.05, 3.63) is 0 Å². The summed E-state index contributed by atoms with van der Waals surface area (Å²) < 4.78 is 0. The van der Waals surface area contributed by atoms with E-state index >= 15 is 0 Å². The molecule has 0 bridgehead atoms. The van der Waals surface area contributed by atoms with Gasteiger partial charge in [-0.15, -0.1) is 0 Å². The Hall–Kier alpha value is -0.530. The van der Waals surface area contributed by atoms with Crippen LogP contribution in [-0.4, -0.2) is 18.4 Å². The number of nitrogens with one attached hydrogen (secondary N) is 1. The second kappa shape index (κ2) is 2.04. The number of hydrogen-bond donors (Lipinski definition) is 1. The highest BCUT2D eigenvalue weighted by atomic mass is 15.1. The number of fused-ring (bicyclic) bond motifs is 1. The van der Waals surface area contributed by atoms with E-state index in [1.54, 1.807) is 0 Å². The van der Waals surface area contributed by atoms with Gasteiger partial charge in [0.25, 0.3) is 0 Å². The van der Waals surface area contributed by atoms with Crippen LogP contribution in [0.5, 0.6) is 0 Å². The molecule has 1 aliphatic carbocycles. The third kappa shape index (κ3) is 0.900. The van der Waals surface area contributed by atoms with Crippen molar-refractivity contribution in [2.75, 3.05) is 0 Å². The molecule has 2 heteroatoms. The quantitative estimate of drug-likeness (QED) is 0.583. The first kappa shape index (κ1) is 8.09. The summed E-state index contributed by atoms with van der Waals surface area (Å²) >= 11 is 0. The predicted octanol–water partition coefficient (Wildman–Crippen LogP) is 1.81. The van der Waals surface area contributed by atoms with Crippen LogP contribution >= 0.6 is 0 Å². The van der Waals surface area contributed by atoms with Crippen LogP contribution in [0.2, 0.25) is 0 Å². The molecule has 1 N–H and O–H groups in total. The van der Waals surface area contributed by atoms with Crippen molar-refractivity contribution in [3.63, 3.8) is 0 Å². The van der Waals surface area contributed by atoms with Crippen molar-refractivity contribution >= 4 is 6.34 Å². The lowest BCUT2D eigenvalue weighted by molar-refractivity contribution is 0.282. The molecular weight excluding hydrogens is 148 g/mol. The molecule has 1 fully saturated rings. The summed E-state index contributed by atoms with van der Waals surface area (Å²) in [5.41, 5.74) is 0.763. The largest absolute Gasteiger partial charge is 0.371 e. The summed E-state index contributed by atoms with van der Waals surface area (Å²) in [4.78, 5) is 4.51. The average Bonchev–Trinajstić information content (AvgIpc) is 2.34. The van der Waals surface area contributed by atoms with Crippen molar-refractivity contribution in [3.8, 4) is 0 Å². The zero-order valence-corrected chi connectivity index (χ0v) is 8.39. The summed E-state index contributed by atoms with van der Waals surface area (Å²) in [5, 5.41) is 3.37. The molecule has 1 aliphatic heterocycles. The highest BCUT2D eigenvalue weighted by molar-refractivity contribution is 5.59. The highest BCUT2D eigenvalue weighted by Gasteiger charge is 2.53. The molecule has 0 spiro atoms. The van der Waals surface area contributed by atoms with Crippen molar-refractivity contribution in [1.82, 2.24) is 5.32 Å².